The number of hydrogen-bond donors (Lipinski definition) is 1. The number of benzene rings is 2. The van der Waals surface area contributed by atoms with Crippen molar-refractivity contribution in [2.45, 2.75) is 6.92 Å². The molecule has 0 saturated heterocycles. The third kappa shape index (κ3) is 2.10. The topological polar surface area (TPSA) is 59.8 Å². The average Bonchev–Trinajstić information content (AvgIpc) is 2.94. The molecule has 0 amide bonds. The van der Waals surface area contributed by atoms with E-state index in [1.165, 1.54) is 15.3 Å². The minimum absolute atomic E-state index is 0.168. The largest absolute Gasteiger partial charge is 0.281 e. The maximum atomic E-state index is 12.9. The van der Waals surface area contributed by atoms with Gasteiger partial charge < -0.3 is 0 Å². The van der Waals surface area contributed by atoms with Crippen LogP contribution in [0.5, 0.6) is 0 Å². The summed E-state index contributed by atoms with van der Waals surface area (Å²) in [5, 5.41) is 3.61. The second-order valence-electron chi connectivity index (χ2n) is 5.65. The number of pyridine rings is 1. The van der Waals surface area contributed by atoms with E-state index < -0.39 is 0 Å². The molecule has 2 aromatic carbocycles. The number of rotatable bonds is 2. The number of aromatic nitrogens is 3. The summed E-state index contributed by atoms with van der Waals surface area (Å²) in [6.07, 6.45) is 0. The molecule has 1 N–H and O–H groups in total. The first-order valence-electron chi connectivity index (χ1n) is 7.65. The molecular formula is C19H15N3O2. The maximum Gasteiger partial charge on any atom is 0.281 e. The molecule has 4 rings (SSSR count). The molecule has 4 aromatic rings. The summed E-state index contributed by atoms with van der Waals surface area (Å²) in [5.41, 5.74) is 2.27. The van der Waals surface area contributed by atoms with E-state index in [0.29, 0.717) is 22.3 Å². The Balaban J connectivity index is 2.13. The first kappa shape index (κ1) is 14.3. The van der Waals surface area contributed by atoms with E-state index in [1.807, 2.05) is 60.7 Å². The van der Waals surface area contributed by atoms with Crippen LogP contribution in [0.4, 0.5) is 0 Å². The van der Waals surface area contributed by atoms with Crippen LogP contribution in [-0.2, 0) is 0 Å². The van der Waals surface area contributed by atoms with Crippen LogP contribution < -0.4 is 11.1 Å². The summed E-state index contributed by atoms with van der Waals surface area (Å²) < 4.78 is 3.00. The molecule has 0 spiro atoms. The van der Waals surface area contributed by atoms with E-state index in [0.717, 1.165) is 5.69 Å². The molecule has 0 aliphatic rings. The van der Waals surface area contributed by atoms with Crippen LogP contribution in [-0.4, -0.2) is 14.3 Å². The van der Waals surface area contributed by atoms with Crippen LogP contribution >= 0.6 is 0 Å². The standard InChI is InChI=1S/C19H15N3O2/c1-13-12-16(23)21(14-8-4-2-5-9-14)18-17(13)19(24)22(20-18)15-10-6-3-7-11-15/h2-12,20H,1H3. The van der Waals surface area contributed by atoms with E-state index >= 15 is 0 Å². The Bertz CT molecular complexity index is 1140. The van der Waals surface area contributed by atoms with Crippen molar-refractivity contribution in [3.63, 3.8) is 0 Å². The predicted octanol–water partition coefficient (Wildman–Crippen LogP) is 2.78. The van der Waals surface area contributed by atoms with E-state index in [-0.39, 0.29) is 11.1 Å². The number of nitrogens with one attached hydrogen (secondary N) is 1. The van der Waals surface area contributed by atoms with Gasteiger partial charge in [0.25, 0.3) is 11.1 Å². The van der Waals surface area contributed by atoms with Crippen LogP contribution in [0.2, 0.25) is 0 Å². The molecule has 5 nitrogen and oxygen atoms in total. The summed E-state index contributed by atoms with van der Waals surface area (Å²) in [5.74, 6) is 0. The molecule has 0 saturated carbocycles. The van der Waals surface area contributed by atoms with Crippen molar-refractivity contribution >= 4 is 11.0 Å². The number of para-hydroxylation sites is 2. The molecule has 118 valence electrons. The predicted molar refractivity (Wildman–Crippen MR) is 94.2 cm³/mol. The quantitative estimate of drug-likeness (QED) is 0.618. The second kappa shape index (κ2) is 5.38. The number of aryl methyl sites for hydroxylation is 1. The highest BCUT2D eigenvalue weighted by Crippen LogP contribution is 2.16. The second-order valence-corrected chi connectivity index (χ2v) is 5.65. The maximum absolute atomic E-state index is 12.9. The number of aromatic amines is 1. The van der Waals surface area contributed by atoms with E-state index in [4.69, 9.17) is 0 Å². The Kier molecular flexibility index (Phi) is 3.20. The highest BCUT2D eigenvalue weighted by atomic mass is 16.1. The van der Waals surface area contributed by atoms with Gasteiger partial charge in [0.2, 0.25) is 0 Å². The van der Waals surface area contributed by atoms with E-state index in [2.05, 4.69) is 5.10 Å². The van der Waals surface area contributed by atoms with Crippen molar-refractivity contribution in [1.29, 1.82) is 0 Å². The SMILES string of the molecule is Cc1cc(=O)n(-c2ccccc2)c2[nH]n(-c3ccccc3)c(=O)c12. The van der Waals surface area contributed by atoms with Crippen LogP contribution in [0.15, 0.2) is 76.3 Å². The molecule has 0 fully saturated rings. The number of nitrogens with zero attached hydrogens (tertiary/aromatic N) is 2. The van der Waals surface area contributed by atoms with Gasteiger partial charge in [0.15, 0.2) is 0 Å². The Morgan fingerprint density at radius 2 is 1.42 bits per heavy atom. The molecule has 24 heavy (non-hydrogen) atoms. The van der Waals surface area contributed by atoms with Crippen molar-refractivity contribution in [2.24, 2.45) is 0 Å². The molecule has 2 heterocycles. The minimum Gasteiger partial charge on any atom is -0.275 e. The van der Waals surface area contributed by atoms with Crippen molar-refractivity contribution in [1.82, 2.24) is 14.3 Å². The molecule has 0 aliphatic heterocycles. The fraction of sp³-hybridized carbons (Fsp3) is 0.0526. The monoisotopic (exact) mass is 317 g/mol. The van der Waals surface area contributed by atoms with E-state index in [1.54, 1.807) is 6.92 Å². The van der Waals surface area contributed by atoms with Crippen LogP contribution in [0.3, 0.4) is 0 Å². The van der Waals surface area contributed by atoms with Crippen molar-refractivity contribution in [2.75, 3.05) is 0 Å². The normalized spacial score (nSPS) is 11.0. The summed E-state index contributed by atoms with van der Waals surface area (Å²) in [6.45, 7) is 1.78. The highest BCUT2D eigenvalue weighted by molar-refractivity contribution is 5.80. The van der Waals surface area contributed by atoms with E-state index in [9.17, 15) is 9.59 Å². The summed E-state index contributed by atoms with van der Waals surface area (Å²) >= 11 is 0. The first-order valence-corrected chi connectivity index (χ1v) is 7.65. The lowest BCUT2D eigenvalue weighted by molar-refractivity contribution is 0.846. The fourth-order valence-corrected chi connectivity index (χ4v) is 2.97. The third-order valence-electron chi connectivity index (χ3n) is 4.08. The van der Waals surface area contributed by atoms with Gasteiger partial charge in [0.1, 0.15) is 5.65 Å². The van der Waals surface area contributed by atoms with Gasteiger partial charge in [-0.15, -0.1) is 0 Å². The molecule has 5 heteroatoms. The van der Waals surface area contributed by atoms with Gasteiger partial charge in [-0.1, -0.05) is 36.4 Å². The molecule has 0 radical (unpaired) electrons. The number of fused-ring (bicyclic) bond motifs is 1. The third-order valence-corrected chi connectivity index (χ3v) is 4.08. The molecular weight excluding hydrogens is 302 g/mol. The molecule has 0 unspecified atom stereocenters. The summed E-state index contributed by atoms with van der Waals surface area (Å²) in [7, 11) is 0. The Hall–Kier alpha value is -3.34. The van der Waals surface area contributed by atoms with Crippen molar-refractivity contribution in [3.05, 3.63) is 93.0 Å². The zero-order chi connectivity index (χ0) is 16.7. The lowest BCUT2D eigenvalue weighted by atomic mass is 10.2. The van der Waals surface area contributed by atoms with Crippen LogP contribution in [0, 0.1) is 6.92 Å². The number of H-pyrrole nitrogens is 1. The Labute approximate surface area is 137 Å². The highest BCUT2D eigenvalue weighted by Gasteiger charge is 2.16. The zero-order valence-corrected chi connectivity index (χ0v) is 13.1. The van der Waals surface area contributed by atoms with Crippen molar-refractivity contribution in [3.8, 4) is 11.4 Å². The minimum atomic E-state index is -0.173. The van der Waals surface area contributed by atoms with Gasteiger partial charge in [0, 0.05) is 6.07 Å². The Morgan fingerprint density at radius 3 is 2.04 bits per heavy atom. The van der Waals surface area contributed by atoms with Gasteiger partial charge in [-0.3, -0.25) is 19.3 Å². The fourth-order valence-electron chi connectivity index (χ4n) is 2.97. The van der Waals surface area contributed by atoms with Crippen LogP contribution in [0.1, 0.15) is 5.56 Å². The smallest absolute Gasteiger partial charge is 0.275 e. The van der Waals surface area contributed by atoms with Gasteiger partial charge in [-0.2, -0.15) is 0 Å². The lowest BCUT2D eigenvalue weighted by Crippen LogP contribution is -2.19. The average molecular weight is 317 g/mol. The molecule has 0 bridgehead atoms. The van der Waals surface area contributed by atoms with Gasteiger partial charge in [-0.05, 0) is 36.8 Å². The van der Waals surface area contributed by atoms with Gasteiger partial charge in [0.05, 0.1) is 16.8 Å². The number of hydrogen-bond acceptors (Lipinski definition) is 2. The summed E-state index contributed by atoms with van der Waals surface area (Å²) in [6, 6.07) is 20.1. The molecule has 2 aromatic heterocycles. The molecule has 0 atom stereocenters. The van der Waals surface area contributed by atoms with Gasteiger partial charge in [-0.25, -0.2) is 4.68 Å². The summed E-state index contributed by atoms with van der Waals surface area (Å²) in [4.78, 5) is 25.4. The zero-order valence-electron chi connectivity index (χ0n) is 13.1. The lowest BCUT2D eigenvalue weighted by Gasteiger charge is -2.07. The van der Waals surface area contributed by atoms with Crippen LogP contribution in [0.25, 0.3) is 22.4 Å². The molecule has 0 aliphatic carbocycles. The first-order chi connectivity index (χ1) is 11.7. The van der Waals surface area contributed by atoms with Gasteiger partial charge >= 0.3 is 0 Å². The van der Waals surface area contributed by atoms with Crippen molar-refractivity contribution < 1.29 is 0 Å². The Morgan fingerprint density at radius 1 is 0.833 bits per heavy atom.